The van der Waals surface area contributed by atoms with Gasteiger partial charge in [0.2, 0.25) is 0 Å². The summed E-state index contributed by atoms with van der Waals surface area (Å²) in [5, 5.41) is 11.5. The first-order valence-corrected chi connectivity index (χ1v) is 7.08. The van der Waals surface area contributed by atoms with Gasteiger partial charge in [-0.1, -0.05) is 12.1 Å². The van der Waals surface area contributed by atoms with E-state index in [0.717, 1.165) is 32.2 Å². The van der Waals surface area contributed by atoms with E-state index in [1.165, 1.54) is 0 Å². The van der Waals surface area contributed by atoms with Crippen molar-refractivity contribution in [1.82, 2.24) is 9.97 Å². The molecule has 4 heteroatoms. The molecule has 0 fully saturated rings. The summed E-state index contributed by atoms with van der Waals surface area (Å²) in [5.41, 5.74) is 3.53. The number of rotatable bonds is 2. The summed E-state index contributed by atoms with van der Waals surface area (Å²) < 4.78 is 0.854. The highest BCUT2D eigenvalue weighted by atomic mass is 79.9. The van der Waals surface area contributed by atoms with Crippen molar-refractivity contribution in [2.75, 3.05) is 0 Å². The van der Waals surface area contributed by atoms with Crippen LogP contribution in [0.2, 0.25) is 0 Å². The van der Waals surface area contributed by atoms with Crippen LogP contribution in [0, 0.1) is 6.92 Å². The molecule has 1 unspecified atom stereocenters. The second kappa shape index (κ2) is 5.31. The van der Waals surface area contributed by atoms with Gasteiger partial charge in [-0.15, -0.1) is 0 Å². The predicted molar refractivity (Wildman–Crippen MR) is 82.5 cm³/mol. The van der Waals surface area contributed by atoms with E-state index in [0.29, 0.717) is 0 Å². The normalized spacial score (nSPS) is 12.6. The molecule has 0 radical (unpaired) electrons. The number of benzene rings is 1. The van der Waals surface area contributed by atoms with Crippen molar-refractivity contribution in [3.05, 3.63) is 70.1 Å². The van der Waals surface area contributed by atoms with Gasteiger partial charge in [-0.05, 0) is 52.7 Å². The first kappa shape index (κ1) is 13.2. The van der Waals surface area contributed by atoms with Gasteiger partial charge in [-0.25, -0.2) is 0 Å². The van der Waals surface area contributed by atoms with E-state index in [1.807, 2.05) is 43.3 Å². The van der Waals surface area contributed by atoms with Crippen LogP contribution in [-0.4, -0.2) is 15.1 Å². The maximum absolute atomic E-state index is 10.4. The predicted octanol–water partition coefficient (Wildman–Crippen LogP) is 3.78. The fraction of sp³-hybridized carbons (Fsp3) is 0.125. The van der Waals surface area contributed by atoms with E-state index < -0.39 is 6.10 Å². The number of hydrogen-bond donors (Lipinski definition) is 1. The quantitative estimate of drug-likeness (QED) is 0.778. The highest BCUT2D eigenvalue weighted by molar-refractivity contribution is 9.10. The lowest BCUT2D eigenvalue weighted by molar-refractivity contribution is 0.220. The molecular weight excluding hydrogens is 316 g/mol. The standard InChI is InChI=1S/C16H13BrN2O/c1-10-2-3-11-6-12(4-5-15(11)19-10)16(20)13-7-14(17)9-18-8-13/h2-9,16,20H,1H3. The summed E-state index contributed by atoms with van der Waals surface area (Å²) in [6, 6.07) is 11.7. The third-order valence-corrected chi connectivity index (χ3v) is 3.64. The zero-order valence-electron chi connectivity index (χ0n) is 10.9. The number of aliphatic hydroxyl groups is 1. The van der Waals surface area contributed by atoms with Crippen molar-refractivity contribution in [3.63, 3.8) is 0 Å². The molecule has 3 aromatic rings. The lowest BCUT2D eigenvalue weighted by atomic mass is 10.0. The van der Waals surface area contributed by atoms with Crippen molar-refractivity contribution in [2.45, 2.75) is 13.0 Å². The van der Waals surface area contributed by atoms with E-state index in [1.54, 1.807) is 12.4 Å². The topological polar surface area (TPSA) is 46.0 Å². The maximum Gasteiger partial charge on any atom is 0.106 e. The van der Waals surface area contributed by atoms with E-state index >= 15 is 0 Å². The molecule has 0 aliphatic carbocycles. The van der Waals surface area contributed by atoms with E-state index in [4.69, 9.17) is 0 Å². The highest BCUT2D eigenvalue weighted by Crippen LogP contribution is 2.26. The molecule has 20 heavy (non-hydrogen) atoms. The van der Waals surface area contributed by atoms with Crippen LogP contribution in [0.3, 0.4) is 0 Å². The van der Waals surface area contributed by atoms with Crippen LogP contribution in [-0.2, 0) is 0 Å². The molecule has 0 amide bonds. The number of aryl methyl sites for hydroxylation is 1. The van der Waals surface area contributed by atoms with E-state index in [-0.39, 0.29) is 0 Å². The van der Waals surface area contributed by atoms with Crippen LogP contribution in [0.5, 0.6) is 0 Å². The largest absolute Gasteiger partial charge is 0.384 e. The number of pyridine rings is 2. The summed E-state index contributed by atoms with van der Waals surface area (Å²) in [7, 11) is 0. The number of aliphatic hydroxyl groups excluding tert-OH is 1. The average molecular weight is 329 g/mol. The zero-order valence-corrected chi connectivity index (χ0v) is 12.5. The highest BCUT2D eigenvalue weighted by Gasteiger charge is 2.12. The van der Waals surface area contributed by atoms with Crippen molar-refractivity contribution in [1.29, 1.82) is 0 Å². The van der Waals surface area contributed by atoms with Gasteiger partial charge < -0.3 is 5.11 Å². The molecule has 0 spiro atoms. The number of aromatic nitrogens is 2. The Hall–Kier alpha value is -1.78. The van der Waals surface area contributed by atoms with Gasteiger partial charge in [-0.2, -0.15) is 0 Å². The summed E-state index contributed by atoms with van der Waals surface area (Å²) in [6.07, 6.45) is 2.68. The minimum Gasteiger partial charge on any atom is -0.384 e. The fourth-order valence-electron chi connectivity index (χ4n) is 2.19. The lowest BCUT2D eigenvalue weighted by Crippen LogP contribution is -2.00. The molecule has 2 aromatic heterocycles. The van der Waals surface area contributed by atoms with Crippen molar-refractivity contribution in [2.24, 2.45) is 0 Å². The molecular formula is C16H13BrN2O. The molecule has 1 atom stereocenters. The Morgan fingerprint density at radius 1 is 1.05 bits per heavy atom. The molecule has 0 saturated carbocycles. The summed E-state index contributed by atoms with van der Waals surface area (Å²) in [5.74, 6) is 0. The Balaban J connectivity index is 2.03. The molecule has 3 rings (SSSR count). The van der Waals surface area contributed by atoms with Gasteiger partial charge in [0.15, 0.2) is 0 Å². The Morgan fingerprint density at radius 2 is 1.90 bits per heavy atom. The SMILES string of the molecule is Cc1ccc2cc(C(O)c3cncc(Br)c3)ccc2n1. The fourth-order valence-corrected chi connectivity index (χ4v) is 2.57. The van der Waals surface area contributed by atoms with Crippen LogP contribution >= 0.6 is 15.9 Å². The Bertz CT molecular complexity index is 773. The maximum atomic E-state index is 10.4. The molecule has 0 aliphatic heterocycles. The van der Waals surface area contributed by atoms with Gasteiger partial charge in [0.25, 0.3) is 0 Å². The summed E-state index contributed by atoms with van der Waals surface area (Å²) >= 11 is 3.37. The lowest BCUT2D eigenvalue weighted by Gasteiger charge is -2.12. The minimum atomic E-state index is -0.689. The van der Waals surface area contributed by atoms with Gasteiger partial charge >= 0.3 is 0 Å². The Morgan fingerprint density at radius 3 is 2.70 bits per heavy atom. The first-order valence-electron chi connectivity index (χ1n) is 6.29. The molecule has 1 aromatic carbocycles. The smallest absolute Gasteiger partial charge is 0.106 e. The first-order chi connectivity index (χ1) is 9.63. The van der Waals surface area contributed by atoms with Gasteiger partial charge in [-0.3, -0.25) is 9.97 Å². The zero-order chi connectivity index (χ0) is 14.1. The Labute approximate surface area is 125 Å². The second-order valence-electron chi connectivity index (χ2n) is 4.74. The van der Waals surface area contributed by atoms with Crippen molar-refractivity contribution >= 4 is 26.8 Å². The second-order valence-corrected chi connectivity index (χ2v) is 5.66. The van der Waals surface area contributed by atoms with E-state index in [2.05, 4.69) is 25.9 Å². The minimum absolute atomic E-state index is 0.689. The number of halogens is 1. The Kier molecular flexibility index (Phi) is 3.51. The summed E-state index contributed by atoms with van der Waals surface area (Å²) in [4.78, 5) is 8.55. The number of hydrogen-bond acceptors (Lipinski definition) is 3. The van der Waals surface area contributed by atoms with Crippen LogP contribution in [0.4, 0.5) is 0 Å². The van der Waals surface area contributed by atoms with Crippen molar-refractivity contribution in [3.8, 4) is 0 Å². The van der Waals surface area contributed by atoms with Crippen LogP contribution in [0.1, 0.15) is 22.9 Å². The van der Waals surface area contributed by atoms with Crippen LogP contribution in [0.25, 0.3) is 10.9 Å². The molecule has 0 saturated heterocycles. The third-order valence-electron chi connectivity index (χ3n) is 3.21. The van der Waals surface area contributed by atoms with E-state index in [9.17, 15) is 5.11 Å². The monoisotopic (exact) mass is 328 g/mol. The number of fused-ring (bicyclic) bond motifs is 1. The van der Waals surface area contributed by atoms with Gasteiger partial charge in [0.1, 0.15) is 6.10 Å². The average Bonchev–Trinajstić information content (AvgIpc) is 2.46. The molecule has 1 N–H and O–H groups in total. The molecule has 0 aliphatic rings. The molecule has 100 valence electrons. The third kappa shape index (κ3) is 2.57. The van der Waals surface area contributed by atoms with Gasteiger partial charge in [0, 0.05) is 33.5 Å². The van der Waals surface area contributed by atoms with Crippen molar-refractivity contribution < 1.29 is 5.11 Å². The number of nitrogens with zero attached hydrogens (tertiary/aromatic N) is 2. The molecule has 3 nitrogen and oxygen atoms in total. The van der Waals surface area contributed by atoms with Gasteiger partial charge in [0.05, 0.1) is 5.52 Å². The molecule has 2 heterocycles. The van der Waals surface area contributed by atoms with Crippen LogP contribution in [0.15, 0.2) is 53.3 Å². The van der Waals surface area contributed by atoms with Crippen LogP contribution < -0.4 is 0 Å². The summed E-state index contributed by atoms with van der Waals surface area (Å²) in [6.45, 7) is 1.97. The molecule has 0 bridgehead atoms.